The molecule has 2 atom stereocenters. The topological polar surface area (TPSA) is 55.9 Å². The van der Waals surface area contributed by atoms with Crippen LogP contribution in [-0.2, 0) is 11.0 Å². The second-order valence-corrected chi connectivity index (χ2v) is 12.6. The molecule has 1 saturated heterocycles. The fourth-order valence-corrected chi connectivity index (χ4v) is 5.98. The summed E-state index contributed by atoms with van der Waals surface area (Å²) in [6.07, 6.45) is 0.0320. The summed E-state index contributed by atoms with van der Waals surface area (Å²) < 4.78 is 38.8. The molecule has 1 aromatic rings. The summed E-state index contributed by atoms with van der Waals surface area (Å²) in [6.45, 7) is 14.9. The van der Waals surface area contributed by atoms with E-state index < -0.39 is 17.2 Å². The number of piperazine rings is 1. The van der Waals surface area contributed by atoms with Crippen LogP contribution < -0.4 is 5.32 Å². The Morgan fingerprint density at radius 2 is 1.68 bits per heavy atom. The summed E-state index contributed by atoms with van der Waals surface area (Å²) in [6, 6.07) is 4.25. The molecule has 9 heteroatoms. The lowest BCUT2D eigenvalue weighted by atomic mass is 9.49. The van der Waals surface area contributed by atoms with E-state index in [4.69, 9.17) is 0 Å². The first kappa shape index (κ1) is 28.5. The second-order valence-electron chi connectivity index (χ2n) is 12.6. The first-order chi connectivity index (χ1) is 17.7. The predicted molar refractivity (Wildman–Crippen MR) is 143 cm³/mol. The van der Waals surface area contributed by atoms with E-state index >= 15 is 0 Å². The fraction of sp³-hybridized carbons (Fsp3) is 0.655. The molecule has 3 amide bonds. The van der Waals surface area contributed by atoms with Crippen LogP contribution in [0.3, 0.4) is 0 Å². The number of nitrogens with zero attached hydrogens (tertiary/aromatic N) is 3. The summed E-state index contributed by atoms with van der Waals surface area (Å²) in [4.78, 5) is 31.9. The molecule has 0 aromatic heterocycles. The molecule has 2 bridgehead atoms. The number of alkyl halides is 3. The van der Waals surface area contributed by atoms with Gasteiger partial charge >= 0.3 is 12.2 Å². The van der Waals surface area contributed by atoms with Crippen LogP contribution in [0.25, 0.3) is 0 Å². The van der Waals surface area contributed by atoms with E-state index in [1.807, 2.05) is 25.7 Å². The number of anilines is 1. The molecule has 1 aliphatic heterocycles. The number of benzene rings is 1. The highest BCUT2D eigenvalue weighted by atomic mass is 19.4. The van der Waals surface area contributed by atoms with Crippen LogP contribution in [0.2, 0.25) is 0 Å². The molecule has 0 spiro atoms. The van der Waals surface area contributed by atoms with Crippen molar-refractivity contribution in [2.24, 2.45) is 22.7 Å². The van der Waals surface area contributed by atoms with Gasteiger partial charge in [0, 0.05) is 56.9 Å². The average Bonchev–Trinajstić information content (AvgIpc) is 2.85. The van der Waals surface area contributed by atoms with Crippen LogP contribution >= 0.6 is 0 Å². The van der Waals surface area contributed by atoms with Gasteiger partial charge in [-0.3, -0.25) is 9.69 Å². The maximum Gasteiger partial charge on any atom is 0.416 e. The van der Waals surface area contributed by atoms with Gasteiger partial charge in [0.05, 0.1) is 5.56 Å². The van der Waals surface area contributed by atoms with Crippen LogP contribution in [0.4, 0.5) is 23.7 Å². The average molecular weight is 535 g/mol. The SMILES string of the molecule is CC(C)(C)C(=O)N1CCN(CCN(CC2=CCC3CC2C3(C)C)C(=O)Nc2ccc(C(F)(F)F)cc2)CC1. The minimum Gasteiger partial charge on any atom is -0.340 e. The van der Waals surface area contributed by atoms with Crippen molar-refractivity contribution in [1.29, 1.82) is 0 Å². The Labute approximate surface area is 224 Å². The molecular weight excluding hydrogens is 493 g/mol. The third kappa shape index (κ3) is 6.19. The van der Waals surface area contributed by atoms with E-state index in [1.165, 1.54) is 17.7 Å². The van der Waals surface area contributed by atoms with Crippen LogP contribution in [0.5, 0.6) is 0 Å². The standard InChI is InChI=1S/C29H41F3N4O2/c1-27(2,3)25(37)35-15-12-34(13-16-35)14-17-36(19-20-6-7-22-18-24(20)28(22,4)5)26(38)33-23-10-8-21(9-11-23)29(30,31)32/h6,8-11,22,24H,7,12-19H2,1-5H3,(H,33,38). The number of rotatable bonds is 6. The molecule has 2 fully saturated rings. The lowest BCUT2D eigenvalue weighted by Gasteiger charge is -2.57. The summed E-state index contributed by atoms with van der Waals surface area (Å²) in [5.74, 6) is 1.30. The minimum absolute atomic E-state index is 0.153. The molecule has 1 N–H and O–H groups in total. The maximum atomic E-state index is 13.4. The maximum absolute atomic E-state index is 13.4. The van der Waals surface area contributed by atoms with Crippen molar-refractivity contribution in [3.63, 3.8) is 0 Å². The van der Waals surface area contributed by atoms with Gasteiger partial charge in [0.2, 0.25) is 5.91 Å². The highest BCUT2D eigenvalue weighted by molar-refractivity contribution is 5.89. The highest BCUT2D eigenvalue weighted by Crippen LogP contribution is 2.59. The number of nitrogens with one attached hydrogen (secondary N) is 1. The van der Waals surface area contributed by atoms with E-state index in [-0.39, 0.29) is 17.4 Å². The number of allylic oxidation sites excluding steroid dienone is 1. The third-order valence-electron chi connectivity index (χ3n) is 8.69. The van der Waals surface area contributed by atoms with Crippen molar-refractivity contribution in [3.05, 3.63) is 41.5 Å². The Kier molecular flexibility index (Phi) is 7.90. The molecule has 0 radical (unpaired) electrons. The number of halogens is 3. The van der Waals surface area contributed by atoms with Gasteiger partial charge in [0.15, 0.2) is 0 Å². The normalized spacial score (nSPS) is 23.4. The van der Waals surface area contributed by atoms with Gasteiger partial charge in [0.1, 0.15) is 0 Å². The Morgan fingerprint density at radius 1 is 1.05 bits per heavy atom. The number of carbonyl (C=O) groups excluding carboxylic acids is 2. The number of carbonyl (C=O) groups is 2. The second kappa shape index (κ2) is 10.5. The zero-order valence-corrected chi connectivity index (χ0v) is 23.2. The quantitative estimate of drug-likeness (QED) is 0.475. The van der Waals surface area contributed by atoms with Crippen LogP contribution in [-0.4, -0.2) is 72.5 Å². The summed E-state index contributed by atoms with van der Waals surface area (Å²) in [5.41, 5.74) is 0.697. The first-order valence-corrected chi connectivity index (χ1v) is 13.6. The van der Waals surface area contributed by atoms with E-state index in [9.17, 15) is 22.8 Å². The van der Waals surface area contributed by atoms with Gasteiger partial charge in [-0.2, -0.15) is 13.2 Å². The van der Waals surface area contributed by atoms with E-state index in [1.54, 1.807) is 4.90 Å². The first-order valence-electron chi connectivity index (χ1n) is 13.6. The molecule has 38 heavy (non-hydrogen) atoms. The van der Waals surface area contributed by atoms with Crippen molar-refractivity contribution in [1.82, 2.24) is 14.7 Å². The Morgan fingerprint density at radius 3 is 2.21 bits per heavy atom. The molecule has 6 nitrogen and oxygen atoms in total. The predicted octanol–water partition coefficient (Wildman–Crippen LogP) is 5.72. The van der Waals surface area contributed by atoms with E-state index in [2.05, 4.69) is 30.1 Å². The summed E-state index contributed by atoms with van der Waals surface area (Å²) >= 11 is 0. The van der Waals surface area contributed by atoms with E-state index in [0.29, 0.717) is 50.2 Å². The molecule has 2 unspecified atom stereocenters. The molecule has 210 valence electrons. The van der Waals surface area contributed by atoms with Crippen molar-refractivity contribution >= 4 is 17.6 Å². The van der Waals surface area contributed by atoms with Gasteiger partial charge in [-0.25, -0.2) is 4.79 Å². The van der Waals surface area contributed by atoms with Gasteiger partial charge < -0.3 is 15.1 Å². The molecule has 4 aliphatic rings. The fourth-order valence-electron chi connectivity index (χ4n) is 5.98. The molecule has 5 rings (SSSR count). The number of amides is 3. The molecular formula is C29H41F3N4O2. The van der Waals surface area contributed by atoms with Crippen molar-refractivity contribution in [2.45, 2.75) is 53.6 Å². The zero-order chi connectivity index (χ0) is 27.9. The summed E-state index contributed by atoms with van der Waals surface area (Å²) in [7, 11) is 0. The van der Waals surface area contributed by atoms with Crippen molar-refractivity contribution in [3.8, 4) is 0 Å². The Bertz CT molecular complexity index is 1050. The molecule has 1 saturated carbocycles. The minimum atomic E-state index is -4.42. The largest absolute Gasteiger partial charge is 0.416 e. The number of hydrogen-bond donors (Lipinski definition) is 1. The van der Waals surface area contributed by atoms with Crippen molar-refractivity contribution < 1.29 is 22.8 Å². The molecule has 3 aliphatic carbocycles. The number of hydrogen-bond acceptors (Lipinski definition) is 3. The smallest absolute Gasteiger partial charge is 0.340 e. The van der Waals surface area contributed by atoms with Crippen LogP contribution in [0.15, 0.2) is 35.9 Å². The monoisotopic (exact) mass is 534 g/mol. The van der Waals surface area contributed by atoms with Crippen LogP contribution in [0.1, 0.15) is 53.0 Å². The highest BCUT2D eigenvalue weighted by Gasteiger charge is 2.51. The molecule has 1 aromatic carbocycles. The van der Waals surface area contributed by atoms with Crippen LogP contribution in [0, 0.1) is 22.7 Å². The Hall–Kier alpha value is -2.55. The number of urea groups is 1. The van der Waals surface area contributed by atoms with Gasteiger partial charge in [-0.1, -0.05) is 46.3 Å². The van der Waals surface area contributed by atoms with Gasteiger partial charge in [-0.05, 0) is 54.4 Å². The molecule has 1 heterocycles. The third-order valence-corrected chi connectivity index (χ3v) is 8.69. The van der Waals surface area contributed by atoms with Gasteiger partial charge in [-0.15, -0.1) is 0 Å². The lowest BCUT2D eigenvalue weighted by Crippen LogP contribution is -2.54. The van der Waals surface area contributed by atoms with E-state index in [0.717, 1.165) is 38.1 Å². The lowest BCUT2D eigenvalue weighted by molar-refractivity contribution is -0.141. The zero-order valence-electron chi connectivity index (χ0n) is 23.2. The Balaban J connectivity index is 1.40. The number of fused-ring (bicyclic) bond motifs is 1. The van der Waals surface area contributed by atoms with Gasteiger partial charge in [0.25, 0.3) is 0 Å². The summed E-state index contributed by atoms with van der Waals surface area (Å²) in [5, 5.41) is 2.81. The van der Waals surface area contributed by atoms with Crippen molar-refractivity contribution in [2.75, 3.05) is 51.1 Å².